The summed E-state index contributed by atoms with van der Waals surface area (Å²) in [6.07, 6.45) is 0. The highest BCUT2D eigenvalue weighted by Crippen LogP contribution is 2.67. The van der Waals surface area contributed by atoms with Gasteiger partial charge in [0.2, 0.25) is 5.91 Å². The molecule has 0 aromatic carbocycles. The highest BCUT2D eigenvalue weighted by Gasteiger charge is 2.63. The molecule has 19 heavy (non-hydrogen) atoms. The van der Waals surface area contributed by atoms with Crippen LogP contribution in [0.25, 0.3) is 0 Å². The second-order valence-corrected chi connectivity index (χ2v) is 7.06. The van der Waals surface area contributed by atoms with E-state index >= 15 is 0 Å². The summed E-state index contributed by atoms with van der Waals surface area (Å²) in [5.74, 6) is 0.861. The summed E-state index contributed by atoms with van der Waals surface area (Å²) < 4.78 is 5.28. The summed E-state index contributed by atoms with van der Waals surface area (Å²) in [5.41, 5.74) is 0.753. The molecule has 110 valence electrons. The van der Waals surface area contributed by atoms with E-state index in [0.717, 1.165) is 19.6 Å². The third-order valence-corrected chi connectivity index (χ3v) is 5.64. The van der Waals surface area contributed by atoms with Gasteiger partial charge in [-0.05, 0) is 30.2 Å². The highest BCUT2D eigenvalue weighted by molar-refractivity contribution is 5.81. The minimum absolute atomic E-state index is 0.0923. The maximum atomic E-state index is 12.3. The average Bonchev–Trinajstić information content (AvgIpc) is 2.77. The lowest BCUT2D eigenvalue weighted by Crippen LogP contribution is -2.49. The Morgan fingerprint density at radius 2 is 1.79 bits per heavy atom. The molecule has 1 heterocycles. The Balaban J connectivity index is 1.79. The van der Waals surface area contributed by atoms with E-state index in [-0.39, 0.29) is 11.9 Å². The first kappa shape index (κ1) is 14.8. The van der Waals surface area contributed by atoms with Crippen molar-refractivity contribution in [3.05, 3.63) is 0 Å². The van der Waals surface area contributed by atoms with Gasteiger partial charge < -0.3 is 15.0 Å². The van der Waals surface area contributed by atoms with Crippen LogP contribution in [0.3, 0.4) is 0 Å². The number of nitrogens with one attached hydrogen (secondary N) is 1. The number of hydrogen-bond acceptors (Lipinski definition) is 3. The van der Waals surface area contributed by atoms with Gasteiger partial charge in [-0.15, -0.1) is 0 Å². The molecule has 2 aliphatic rings. The summed E-state index contributed by atoms with van der Waals surface area (Å²) >= 11 is 0. The number of rotatable bonds is 4. The van der Waals surface area contributed by atoms with Crippen molar-refractivity contribution in [1.29, 1.82) is 0 Å². The number of morpholine rings is 1. The van der Waals surface area contributed by atoms with Gasteiger partial charge in [0.05, 0.1) is 19.3 Å². The van der Waals surface area contributed by atoms with Gasteiger partial charge >= 0.3 is 0 Å². The van der Waals surface area contributed by atoms with E-state index in [1.807, 2.05) is 11.8 Å². The van der Waals surface area contributed by atoms with Crippen LogP contribution in [0.5, 0.6) is 0 Å². The smallest absolute Gasteiger partial charge is 0.239 e. The molecule has 2 fully saturated rings. The van der Waals surface area contributed by atoms with Crippen LogP contribution in [-0.2, 0) is 9.53 Å². The lowest BCUT2D eigenvalue weighted by Gasteiger charge is -2.29. The maximum Gasteiger partial charge on any atom is 0.239 e. The molecule has 2 rings (SSSR count). The molecule has 1 aliphatic carbocycles. The van der Waals surface area contributed by atoms with E-state index in [9.17, 15) is 4.79 Å². The average molecular weight is 268 g/mol. The first-order valence-electron chi connectivity index (χ1n) is 7.38. The van der Waals surface area contributed by atoms with Crippen LogP contribution in [0.4, 0.5) is 0 Å². The van der Waals surface area contributed by atoms with Crippen molar-refractivity contribution in [3.63, 3.8) is 0 Å². The van der Waals surface area contributed by atoms with Crippen molar-refractivity contribution < 1.29 is 9.53 Å². The quantitative estimate of drug-likeness (QED) is 0.840. The monoisotopic (exact) mass is 268 g/mol. The van der Waals surface area contributed by atoms with Crippen molar-refractivity contribution in [3.8, 4) is 0 Å². The Hall–Kier alpha value is -0.610. The molecule has 1 amide bonds. The Labute approximate surface area is 116 Å². The zero-order valence-electron chi connectivity index (χ0n) is 13.0. The standard InChI is InChI=1S/C15H28N2O2/c1-11(13(18)17-6-8-19-9-7-17)16-10-12-14(2,3)15(12,4)5/h11-12,16H,6-10H2,1-5H3. The zero-order chi connectivity index (χ0) is 14.3. The summed E-state index contributed by atoms with van der Waals surface area (Å²) in [5, 5.41) is 3.42. The molecule has 0 aromatic rings. The van der Waals surface area contributed by atoms with Gasteiger partial charge in [0.15, 0.2) is 0 Å². The van der Waals surface area contributed by atoms with E-state index in [2.05, 4.69) is 33.0 Å². The fourth-order valence-corrected chi connectivity index (χ4v) is 3.28. The molecule has 0 spiro atoms. The van der Waals surface area contributed by atoms with Gasteiger partial charge in [-0.2, -0.15) is 0 Å². The molecular formula is C15H28N2O2. The Morgan fingerprint density at radius 3 is 2.26 bits per heavy atom. The normalized spacial score (nSPS) is 27.1. The SMILES string of the molecule is CC(NCC1C(C)(C)C1(C)C)C(=O)N1CCOCC1. The molecule has 0 radical (unpaired) electrons. The van der Waals surface area contributed by atoms with Crippen molar-refractivity contribution in [1.82, 2.24) is 10.2 Å². The summed E-state index contributed by atoms with van der Waals surface area (Å²) in [4.78, 5) is 14.2. The van der Waals surface area contributed by atoms with E-state index < -0.39 is 0 Å². The predicted molar refractivity (Wildman–Crippen MR) is 75.9 cm³/mol. The Kier molecular flexibility index (Phi) is 3.94. The lowest BCUT2D eigenvalue weighted by atomic mass is 10.0. The van der Waals surface area contributed by atoms with Gasteiger partial charge in [-0.25, -0.2) is 0 Å². The van der Waals surface area contributed by atoms with Crippen LogP contribution >= 0.6 is 0 Å². The molecule has 1 saturated heterocycles. The van der Waals surface area contributed by atoms with Crippen LogP contribution in [0.15, 0.2) is 0 Å². The van der Waals surface area contributed by atoms with Gasteiger partial charge in [0.25, 0.3) is 0 Å². The number of nitrogens with zero attached hydrogens (tertiary/aromatic N) is 1. The Bertz CT molecular complexity index is 332. The Morgan fingerprint density at radius 1 is 1.26 bits per heavy atom. The largest absolute Gasteiger partial charge is 0.378 e. The minimum atomic E-state index is -0.0923. The van der Waals surface area contributed by atoms with Crippen LogP contribution in [0, 0.1) is 16.7 Å². The minimum Gasteiger partial charge on any atom is -0.378 e. The van der Waals surface area contributed by atoms with Crippen molar-refractivity contribution in [2.75, 3.05) is 32.8 Å². The number of hydrogen-bond donors (Lipinski definition) is 1. The first-order valence-corrected chi connectivity index (χ1v) is 7.38. The van der Waals surface area contributed by atoms with Gasteiger partial charge in [-0.1, -0.05) is 27.7 Å². The number of carbonyl (C=O) groups is 1. The summed E-state index contributed by atoms with van der Waals surface area (Å²) in [6, 6.07) is -0.0923. The number of carbonyl (C=O) groups excluding carboxylic acids is 1. The van der Waals surface area contributed by atoms with Crippen LogP contribution in [-0.4, -0.2) is 49.7 Å². The second kappa shape index (κ2) is 5.06. The molecular weight excluding hydrogens is 240 g/mol. The molecule has 1 unspecified atom stereocenters. The molecule has 0 aromatic heterocycles. The third-order valence-electron chi connectivity index (χ3n) is 5.64. The van der Waals surface area contributed by atoms with E-state index in [1.165, 1.54) is 0 Å². The summed E-state index contributed by atoms with van der Waals surface area (Å²) in [6.45, 7) is 14.9. The zero-order valence-corrected chi connectivity index (χ0v) is 13.0. The molecule has 1 saturated carbocycles. The first-order chi connectivity index (χ1) is 8.78. The molecule has 0 bridgehead atoms. The topological polar surface area (TPSA) is 41.6 Å². The van der Waals surface area contributed by atoms with Gasteiger partial charge in [0, 0.05) is 13.1 Å². The molecule has 1 atom stereocenters. The van der Waals surface area contributed by atoms with E-state index in [1.54, 1.807) is 0 Å². The fraction of sp³-hybridized carbons (Fsp3) is 0.933. The molecule has 1 N–H and O–H groups in total. The van der Waals surface area contributed by atoms with Crippen molar-refractivity contribution in [2.24, 2.45) is 16.7 Å². The fourth-order valence-electron chi connectivity index (χ4n) is 3.28. The van der Waals surface area contributed by atoms with Gasteiger partial charge in [0.1, 0.15) is 0 Å². The highest BCUT2D eigenvalue weighted by atomic mass is 16.5. The molecule has 1 aliphatic heterocycles. The van der Waals surface area contributed by atoms with Crippen LogP contribution < -0.4 is 5.32 Å². The van der Waals surface area contributed by atoms with E-state index in [4.69, 9.17) is 4.74 Å². The third kappa shape index (κ3) is 2.65. The lowest BCUT2D eigenvalue weighted by molar-refractivity contribution is -0.137. The number of amides is 1. The number of ether oxygens (including phenoxy) is 1. The molecule has 4 nitrogen and oxygen atoms in total. The summed E-state index contributed by atoms with van der Waals surface area (Å²) in [7, 11) is 0. The van der Waals surface area contributed by atoms with Gasteiger partial charge in [-0.3, -0.25) is 4.79 Å². The predicted octanol–water partition coefficient (Wildman–Crippen LogP) is 1.51. The molecule has 4 heteroatoms. The maximum absolute atomic E-state index is 12.3. The van der Waals surface area contributed by atoms with Crippen LogP contribution in [0.2, 0.25) is 0 Å². The van der Waals surface area contributed by atoms with Crippen molar-refractivity contribution in [2.45, 2.75) is 40.7 Å². The van der Waals surface area contributed by atoms with Crippen molar-refractivity contribution >= 4 is 5.91 Å². The second-order valence-electron chi connectivity index (χ2n) is 7.06. The van der Waals surface area contributed by atoms with Crippen LogP contribution in [0.1, 0.15) is 34.6 Å². The van der Waals surface area contributed by atoms with E-state index in [0.29, 0.717) is 30.0 Å².